The predicted molar refractivity (Wildman–Crippen MR) is 283 cm³/mol. The molecule has 1 aliphatic heterocycles. The number of para-hydroxylation sites is 1. The zero-order valence-electron chi connectivity index (χ0n) is 36.7. The van der Waals surface area contributed by atoms with Crippen LogP contribution in [0.4, 0.5) is 0 Å². The molecule has 0 spiro atoms. The predicted octanol–water partition coefficient (Wildman–Crippen LogP) is 16.8. The normalized spacial score (nSPS) is 17.0. The second-order valence-electron chi connectivity index (χ2n) is 18.1. The monoisotopic (exact) mass is 855 g/mol. The third kappa shape index (κ3) is 6.00. The van der Waals surface area contributed by atoms with Gasteiger partial charge < -0.3 is 8.98 Å². The van der Waals surface area contributed by atoms with Gasteiger partial charge in [0, 0.05) is 44.7 Å². The molecule has 3 heterocycles. The van der Waals surface area contributed by atoms with Crippen molar-refractivity contribution in [2.75, 3.05) is 0 Å². The summed E-state index contributed by atoms with van der Waals surface area (Å²) in [5, 5.41) is 16.5. The summed E-state index contributed by atoms with van der Waals surface area (Å²) in [4.78, 5) is 11.5. The summed E-state index contributed by atoms with van der Waals surface area (Å²) in [6.07, 6.45) is 3.09. The van der Waals surface area contributed by atoms with Crippen molar-refractivity contribution in [2.24, 2.45) is 15.9 Å². The number of hydrogen-bond donors (Lipinski definition) is 0. The van der Waals surface area contributed by atoms with Crippen molar-refractivity contribution < 1.29 is 4.42 Å². The van der Waals surface area contributed by atoms with Crippen LogP contribution in [0.3, 0.4) is 0 Å². The van der Waals surface area contributed by atoms with Gasteiger partial charge in [0.15, 0.2) is 5.84 Å². The second-order valence-corrected chi connectivity index (χ2v) is 18.1. The zero-order chi connectivity index (χ0) is 44.2. The minimum Gasteiger partial charge on any atom is -0.456 e. The molecule has 67 heavy (non-hydrogen) atoms. The Morgan fingerprint density at radius 1 is 0.433 bits per heavy atom. The van der Waals surface area contributed by atoms with Crippen LogP contribution in [0.2, 0.25) is 0 Å². The minimum absolute atomic E-state index is 0.0801. The molecule has 0 saturated carbocycles. The number of rotatable bonds is 4. The smallest absolute Gasteiger partial charge is 0.160 e. The summed E-state index contributed by atoms with van der Waals surface area (Å²) in [5.74, 6) is 0.759. The van der Waals surface area contributed by atoms with Crippen LogP contribution in [0.15, 0.2) is 227 Å². The SMILES string of the molecule is CC1C/C=C(c2cc3c(cc2-n2c4ccccc4c4cc5ccccc5cc42)oc2ccc4ccccc4c23)/N=C(c2ccc3c(ccc4ccccc43)c2)\N=C/1c1ccc2ccccc2c1. The molecule has 0 bridgehead atoms. The van der Waals surface area contributed by atoms with Crippen LogP contribution in [0.1, 0.15) is 30.0 Å². The molecule has 14 rings (SSSR count). The summed E-state index contributed by atoms with van der Waals surface area (Å²) >= 11 is 0. The Bertz CT molecular complexity index is 4330. The van der Waals surface area contributed by atoms with E-state index >= 15 is 0 Å². The van der Waals surface area contributed by atoms with Crippen molar-refractivity contribution in [3.05, 3.63) is 229 Å². The summed E-state index contributed by atoms with van der Waals surface area (Å²) < 4.78 is 9.29. The molecule has 4 nitrogen and oxygen atoms in total. The maximum Gasteiger partial charge on any atom is 0.160 e. The van der Waals surface area contributed by atoms with Crippen LogP contribution < -0.4 is 0 Å². The number of amidine groups is 1. The highest BCUT2D eigenvalue weighted by Gasteiger charge is 2.24. The molecule has 0 N–H and O–H groups in total. The van der Waals surface area contributed by atoms with Crippen LogP contribution in [-0.2, 0) is 0 Å². The van der Waals surface area contributed by atoms with E-state index in [2.05, 4.69) is 224 Å². The van der Waals surface area contributed by atoms with Gasteiger partial charge in [-0.25, -0.2) is 9.98 Å². The van der Waals surface area contributed by atoms with Crippen LogP contribution in [0, 0.1) is 5.92 Å². The number of hydrogen-bond acceptors (Lipinski definition) is 3. The summed E-state index contributed by atoms with van der Waals surface area (Å²) in [5.41, 5.74) is 9.94. The fraction of sp³-hybridized carbons (Fsp3) is 0.0476. The van der Waals surface area contributed by atoms with Crippen molar-refractivity contribution >= 4 is 115 Å². The van der Waals surface area contributed by atoms with E-state index in [4.69, 9.17) is 14.4 Å². The van der Waals surface area contributed by atoms with E-state index in [9.17, 15) is 0 Å². The highest BCUT2D eigenvalue weighted by atomic mass is 16.3. The van der Waals surface area contributed by atoms with Crippen LogP contribution in [0.25, 0.3) is 109 Å². The standard InChI is InChI=1S/C63H41N3O/c1-38-22-30-55(64-63(65-62(38)46-26-23-39-12-2-3-15-42(39)32-46)47-27-29-49-45(33-47)25-24-40-13-6-8-18-48(40)49)53-36-54-60(67-59-31-28-41-14-7-9-19-50(41)61(54)59)37-58(53)66-56-21-11-10-20-51(56)52-34-43-16-4-5-17-44(43)35-57(52)66/h2-21,23-38H,22H2,1H3/b55-30+,64-63-,65-62+. The van der Waals surface area contributed by atoms with E-state index in [1.165, 1.54) is 59.2 Å². The maximum atomic E-state index is 6.86. The number of furan rings is 1. The molecule has 0 fully saturated rings. The largest absolute Gasteiger partial charge is 0.456 e. The van der Waals surface area contributed by atoms with Crippen molar-refractivity contribution in [1.29, 1.82) is 0 Å². The quantitative estimate of drug-likeness (QED) is 0.163. The van der Waals surface area contributed by atoms with Gasteiger partial charge >= 0.3 is 0 Å². The topological polar surface area (TPSA) is 42.8 Å². The molecule has 11 aromatic carbocycles. The first-order valence-corrected chi connectivity index (χ1v) is 23.2. The number of nitrogens with zero attached hydrogens (tertiary/aromatic N) is 3. The third-order valence-corrected chi connectivity index (χ3v) is 14.2. The highest BCUT2D eigenvalue weighted by molar-refractivity contribution is 6.21. The Morgan fingerprint density at radius 3 is 1.88 bits per heavy atom. The molecule has 13 aromatic rings. The van der Waals surface area contributed by atoms with E-state index in [0.717, 1.165) is 78.6 Å². The molecule has 1 atom stereocenters. The van der Waals surface area contributed by atoms with Crippen molar-refractivity contribution in [3.8, 4) is 5.69 Å². The minimum atomic E-state index is 0.0801. The third-order valence-electron chi connectivity index (χ3n) is 14.2. The fourth-order valence-electron chi connectivity index (χ4n) is 10.8. The number of benzene rings is 11. The summed E-state index contributed by atoms with van der Waals surface area (Å²) in [7, 11) is 0. The molecule has 2 aromatic heterocycles. The number of aliphatic imine (C=N–C) groups is 2. The lowest BCUT2D eigenvalue weighted by Crippen LogP contribution is -2.17. The van der Waals surface area contributed by atoms with Crippen molar-refractivity contribution in [1.82, 2.24) is 4.57 Å². The van der Waals surface area contributed by atoms with Gasteiger partial charge in [0.25, 0.3) is 0 Å². The van der Waals surface area contributed by atoms with Gasteiger partial charge in [0.05, 0.1) is 28.1 Å². The van der Waals surface area contributed by atoms with Gasteiger partial charge in [-0.05, 0) is 108 Å². The van der Waals surface area contributed by atoms with E-state index in [1.54, 1.807) is 0 Å². The number of aromatic nitrogens is 1. The lowest BCUT2D eigenvalue weighted by atomic mass is 9.91. The van der Waals surface area contributed by atoms with Crippen molar-refractivity contribution in [3.63, 3.8) is 0 Å². The molecular formula is C63H41N3O. The molecule has 0 saturated heterocycles. The van der Waals surface area contributed by atoms with Gasteiger partial charge in [0.1, 0.15) is 11.2 Å². The number of fused-ring (bicyclic) bond motifs is 13. The Kier molecular flexibility index (Phi) is 8.29. The lowest BCUT2D eigenvalue weighted by Gasteiger charge is -2.20. The average Bonchev–Trinajstić information content (AvgIpc) is 3.91. The Labute approximate surface area is 386 Å². The van der Waals surface area contributed by atoms with Crippen LogP contribution in [-0.4, -0.2) is 16.1 Å². The van der Waals surface area contributed by atoms with E-state index < -0.39 is 0 Å². The van der Waals surface area contributed by atoms with Gasteiger partial charge in [-0.1, -0.05) is 171 Å². The Hall–Kier alpha value is -8.60. The molecule has 4 heteroatoms. The molecule has 0 aliphatic carbocycles. The highest BCUT2D eigenvalue weighted by Crippen LogP contribution is 2.43. The van der Waals surface area contributed by atoms with E-state index in [-0.39, 0.29) is 5.92 Å². The Morgan fingerprint density at radius 2 is 1.04 bits per heavy atom. The molecule has 0 radical (unpaired) electrons. The van der Waals surface area contributed by atoms with Gasteiger partial charge in [-0.3, -0.25) is 0 Å². The van der Waals surface area contributed by atoms with E-state index in [1.807, 2.05) is 0 Å². The van der Waals surface area contributed by atoms with Gasteiger partial charge in [-0.15, -0.1) is 0 Å². The van der Waals surface area contributed by atoms with E-state index in [0.29, 0.717) is 5.84 Å². The Balaban J connectivity index is 1.07. The molecule has 0 amide bonds. The summed E-state index contributed by atoms with van der Waals surface area (Å²) in [6, 6.07) is 74.6. The summed E-state index contributed by atoms with van der Waals surface area (Å²) in [6.45, 7) is 2.30. The van der Waals surface area contributed by atoms with Gasteiger partial charge in [-0.2, -0.15) is 0 Å². The first kappa shape index (κ1) is 37.7. The molecule has 1 aliphatic rings. The second kappa shape index (κ2) is 14.7. The van der Waals surface area contributed by atoms with Gasteiger partial charge in [0.2, 0.25) is 0 Å². The average molecular weight is 856 g/mol. The fourth-order valence-corrected chi connectivity index (χ4v) is 10.8. The maximum absolute atomic E-state index is 6.86. The van der Waals surface area contributed by atoms with Crippen LogP contribution >= 0.6 is 0 Å². The molecule has 1 unspecified atom stereocenters. The molecule has 314 valence electrons. The lowest BCUT2D eigenvalue weighted by molar-refractivity contribution is 0.669. The zero-order valence-corrected chi connectivity index (χ0v) is 36.7. The van der Waals surface area contributed by atoms with Crippen LogP contribution in [0.5, 0.6) is 0 Å². The first-order chi connectivity index (χ1) is 33.1. The van der Waals surface area contributed by atoms with Crippen molar-refractivity contribution in [2.45, 2.75) is 13.3 Å². The number of allylic oxidation sites excluding steroid dienone is 1. The first-order valence-electron chi connectivity index (χ1n) is 23.2. The molecular weight excluding hydrogens is 815 g/mol.